The molecule has 0 saturated heterocycles. The van der Waals surface area contributed by atoms with Crippen LogP contribution in [0.1, 0.15) is 37.8 Å². The maximum Gasteiger partial charge on any atom is 0.264 e. The second-order valence-electron chi connectivity index (χ2n) is 6.93. The molecule has 0 atom stereocenters. The minimum atomic E-state index is -0.381. The van der Waals surface area contributed by atoms with Crippen molar-refractivity contribution in [1.82, 2.24) is 0 Å². The molecule has 2 aromatic heterocycles. The summed E-state index contributed by atoms with van der Waals surface area (Å²) in [7, 11) is 0. The van der Waals surface area contributed by atoms with Crippen LogP contribution >= 0.6 is 0 Å². The SMILES string of the molecule is Cc1ccc2oc3c(c2c1)C(=O)c1c(oc2c1ccc1ccccc12)C3=O. The van der Waals surface area contributed by atoms with Crippen molar-refractivity contribution in [2.45, 2.75) is 6.92 Å². The molecule has 128 valence electrons. The second kappa shape index (κ2) is 4.74. The lowest BCUT2D eigenvalue weighted by molar-refractivity contribution is 0.0943. The van der Waals surface area contributed by atoms with Crippen LogP contribution in [-0.2, 0) is 0 Å². The van der Waals surface area contributed by atoms with Gasteiger partial charge in [-0.3, -0.25) is 9.59 Å². The van der Waals surface area contributed by atoms with Gasteiger partial charge in [0.2, 0.25) is 5.78 Å². The van der Waals surface area contributed by atoms with Gasteiger partial charge in [0.1, 0.15) is 11.2 Å². The Balaban J connectivity index is 1.74. The number of ketones is 2. The first-order chi connectivity index (χ1) is 13.1. The molecule has 0 unspecified atom stereocenters. The highest BCUT2D eigenvalue weighted by molar-refractivity contribution is 6.34. The van der Waals surface area contributed by atoms with Gasteiger partial charge in [0.05, 0.1) is 11.1 Å². The van der Waals surface area contributed by atoms with Gasteiger partial charge in [-0.25, -0.2) is 0 Å². The van der Waals surface area contributed by atoms with Crippen LogP contribution in [0.3, 0.4) is 0 Å². The highest BCUT2D eigenvalue weighted by atomic mass is 16.4. The predicted molar refractivity (Wildman–Crippen MR) is 102 cm³/mol. The first-order valence-electron chi connectivity index (χ1n) is 8.70. The number of hydrogen-bond donors (Lipinski definition) is 0. The molecule has 1 aliphatic carbocycles. The molecular weight excluding hydrogens is 340 g/mol. The summed E-state index contributed by atoms with van der Waals surface area (Å²) in [5.74, 6) is -0.474. The van der Waals surface area contributed by atoms with Gasteiger partial charge < -0.3 is 8.83 Å². The van der Waals surface area contributed by atoms with Crippen LogP contribution in [0.2, 0.25) is 0 Å². The summed E-state index contributed by atoms with van der Waals surface area (Å²) in [4.78, 5) is 26.5. The number of aryl methyl sites for hydroxylation is 1. The van der Waals surface area contributed by atoms with Crippen molar-refractivity contribution in [3.8, 4) is 0 Å². The van der Waals surface area contributed by atoms with Crippen LogP contribution in [0.25, 0.3) is 32.7 Å². The molecular formula is C23H12O4. The molecule has 0 amide bonds. The monoisotopic (exact) mass is 352 g/mol. The average molecular weight is 352 g/mol. The molecule has 5 aromatic rings. The zero-order chi connectivity index (χ0) is 18.3. The molecule has 0 N–H and O–H groups in total. The summed E-state index contributed by atoms with van der Waals surface area (Å²) in [5.41, 5.74) is 2.76. The maximum absolute atomic E-state index is 13.4. The summed E-state index contributed by atoms with van der Waals surface area (Å²) >= 11 is 0. The Hall–Kier alpha value is -3.66. The fraction of sp³-hybridized carbons (Fsp3) is 0.0435. The van der Waals surface area contributed by atoms with Crippen molar-refractivity contribution in [2.75, 3.05) is 0 Å². The Morgan fingerprint density at radius 1 is 0.704 bits per heavy atom. The van der Waals surface area contributed by atoms with E-state index in [1.54, 1.807) is 6.07 Å². The maximum atomic E-state index is 13.4. The van der Waals surface area contributed by atoms with E-state index in [2.05, 4.69) is 0 Å². The van der Waals surface area contributed by atoms with Gasteiger partial charge in [0, 0.05) is 16.2 Å². The van der Waals surface area contributed by atoms with E-state index in [9.17, 15) is 9.59 Å². The summed E-state index contributed by atoms with van der Waals surface area (Å²) in [6.07, 6.45) is 0. The van der Waals surface area contributed by atoms with Crippen LogP contribution in [-0.4, -0.2) is 11.6 Å². The number of hydrogen-bond acceptors (Lipinski definition) is 4. The van der Waals surface area contributed by atoms with Gasteiger partial charge in [0.25, 0.3) is 5.78 Å². The summed E-state index contributed by atoms with van der Waals surface area (Å²) in [5, 5.41) is 3.20. The standard InChI is InChI=1S/C23H12O4/c1-11-6-9-16-15(10-11)18-19(24)17-14-8-7-12-4-2-3-5-13(12)21(14)27-23(17)20(25)22(18)26-16/h2-10H,1H3. The van der Waals surface area contributed by atoms with Gasteiger partial charge in [-0.2, -0.15) is 0 Å². The highest BCUT2D eigenvalue weighted by Gasteiger charge is 2.39. The Kier molecular flexibility index (Phi) is 2.54. The molecule has 0 bridgehead atoms. The minimum Gasteiger partial charge on any atom is -0.452 e. The molecule has 1 aliphatic rings. The zero-order valence-corrected chi connectivity index (χ0v) is 14.3. The van der Waals surface area contributed by atoms with Crippen molar-refractivity contribution in [3.63, 3.8) is 0 Å². The Morgan fingerprint density at radius 2 is 1.48 bits per heavy atom. The molecule has 3 aromatic carbocycles. The van der Waals surface area contributed by atoms with Crippen molar-refractivity contribution >= 4 is 44.3 Å². The topological polar surface area (TPSA) is 60.4 Å². The zero-order valence-electron chi connectivity index (χ0n) is 14.3. The average Bonchev–Trinajstić information content (AvgIpc) is 3.25. The number of carbonyl (C=O) groups is 2. The number of rotatable bonds is 0. The minimum absolute atomic E-state index is 0.0645. The summed E-state index contributed by atoms with van der Waals surface area (Å²) in [6, 6.07) is 17.1. The number of fused-ring (bicyclic) bond motifs is 8. The molecule has 4 nitrogen and oxygen atoms in total. The Labute approximate surface area is 153 Å². The largest absolute Gasteiger partial charge is 0.452 e. The lowest BCUT2D eigenvalue weighted by atomic mass is 9.89. The van der Waals surface area contributed by atoms with E-state index in [0.29, 0.717) is 33.1 Å². The van der Waals surface area contributed by atoms with E-state index in [-0.39, 0.29) is 23.1 Å². The van der Waals surface area contributed by atoms with E-state index in [4.69, 9.17) is 8.83 Å². The van der Waals surface area contributed by atoms with Gasteiger partial charge in [-0.15, -0.1) is 0 Å². The second-order valence-corrected chi connectivity index (χ2v) is 6.93. The molecule has 0 fully saturated rings. The molecule has 0 saturated carbocycles. The Bertz CT molecular complexity index is 1460. The van der Waals surface area contributed by atoms with Crippen LogP contribution in [0.5, 0.6) is 0 Å². The molecule has 0 spiro atoms. The first-order valence-corrected chi connectivity index (χ1v) is 8.70. The third-order valence-electron chi connectivity index (χ3n) is 5.29. The molecule has 2 heterocycles. The Morgan fingerprint density at radius 3 is 2.37 bits per heavy atom. The lowest BCUT2D eigenvalue weighted by Gasteiger charge is -2.08. The van der Waals surface area contributed by atoms with E-state index in [1.807, 2.05) is 55.5 Å². The number of carbonyl (C=O) groups excluding carboxylic acids is 2. The van der Waals surface area contributed by atoms with E-state index in [1.165, 1.54) is 0 Å². The van der Waals surface area contributed by atoms with Gasteiger partial charge in [0.15, 0.2) is 11.5 Å². The van der Waals surface area contributed by atoms with Crippen LogP contribution < -0.4 is 0 Å². The number of benzene rings is 3. The van der Waals surface area contributed by atoms with Crippen LogP contribution in [0, 0.1) is 6.92 Å². The van der Waals surface area contributed by atoms with E-state index in [0.717, 1.165) is 16.3 Å². The predicted octanol–water partition coefficient (Wildman–Crippen LogP) is 5.42. The summed E-state index contributed by atoms with van der Waals surface area (Å²) in [6.45, 7) is 1.94. The van der Waals surface area contributed by atoms with Crippen molar-refractivity contribution in [3.05, 3.63) is 82.8 Å². The molecule has 0 radical (unpaired) electrons. The van der Waals surface area contributed by atoms with Crippen LogP contribution in [0.15, 0.2) is 63.4 Å². The summed E-state index contributed by atoms with van der Waals surface area (Å²) < 4.78 is 11.7. The van der Waals surface area contributed by atoms with Gasteiger partial charge in [-0.1, -0.05) is 42.0 Å². The molecule has 4 heteroatoms. The fourth-order valence-corrected chi connectivity index (χ4v) is 4.04. The third kappa shape index (κ3) is 1.72. The number of furan rings is 2. The van der Waals surface area contributed by atoms with Crippen molar-refractivity contribution in [2.24, 2.45) is 0 Å². The third-order valence-corrected chi connectivity index (χ3v) is 5.29. The molecule has 0 aliphatic heterocycles. The molecule has 27 heavy (non-hydrogen) atoms. The van der Waals surface area contributed by atoms with Crippen molar-refractivity contribution in [1.29, 1.82) is 0 Å². The van der Waals surface area contributed by atoms with Gasteiger partial charge in [-0.05, 0) is 30.5 Å². The van der Waals surface area contributed by atoms with E-state index < -0.39 is 0 Å². The fourth-order valence-electron chi connectivity index (χ4n) is 4.04. The van der Waals surface area contributed by atoms with Crippen LogP contribution in [0.4, 0.5) is 0 Å². The first kappa shape index (κ1) is 14.5. The lowest BCUT2D eigenvalue weighted by Crippen LogP contribution is -2.17. The van der Waals surface area contributed by atoms with Crippen molar-refractivity contribution < 1.29 is 18.4 Å². The molecule has 6 rings (SSSR count). The quantitative estimate of drug-likeness (QED) is 0.366. The van der Waals surface area contributed by atoms with Gasteiger partial charge >= 0.3 is 0 Å². The highest BCUT2D eigenvalue weighted by Crippen LogP contribution is 2.41. The normalized spacial score (nSPS) is 13.5. The van der Waals surface area contributed by atoms with E-state index >= 15 is 0 Å². The smallest absolute Gasteiger partial charge is 0.264 e.